The molecule has 470 valence electrons. The van der Waals surface area contributed by atoms with Gasteiger partial charge in [0, 0.05) is 62.2 Å². The number of rotatable bonds is 20. The molecule has 0 spiro atoms. The fourth-order valence-corrected chi connectivity index (χ4v) is 11.5. The molecule has 21 nitrogen and oxygen atoms in total. The van der Waals surface area contributed by atoms with Crippen molar-refractivity contribution in [1.82, 2.24) is 9.80 Å². The van der Waals surface area contributed by atoms with Crippen molar-refractivity contribution in [2.24, 2.45) is 0 Å². The number of methoxy groups -OCH3 is 3. The van der Waals surface area contributed by atoms with Crippen LogP contribution < -0.4 is 38.6 Å². The van der Waals surface area contributed by atoms with Crippen molar-refractivity contribution in [2.45, 2.75) is 52.4 Å². The summed E-state index contributed by atoms with van der Waals surface area (Å²) in [6.45, 7) is 20.6. The van der Waals surface area contributed by atoms with Crippen molar-refractivity contribution in [3.05, 3.63) is 131 Å². The molecule has 88 heavy (non-hydrogen) atoms. The molecule has 0 unspecified atom stereocenters. The van der Waals surface area contributed by atoms with Crippen LogP contribution in [0.15, 0.2) is 109 Å². The summed E-state index contributed by atoms with van der Waals surface area (Å²) in [6, 6.07) is 29.0. The molecular weight excluding hydrogens is 1170 g/mol. The summed E-state index contributed by atoms with van der Waals surface area (Å²) < 4.78 is 92.9. The lowest BCUT2D eigenvalue weighted by Crippen LogP contribution is -2.38. The van der Waals surface area contributed by atoms with Gasteiger partial charge in [-0.3, -0.25) is 33.6 Å². The molecule has 0 bridgehead atoms. The van der Waals surface area contributed by atoms with Gasteiger partial charge in [0.25, 0.3) is 17.7 Å². The van der Waals surface area contributed by atoms with E-state index in [0.29, 0.717) is 60.0 Å². The minimum absolute atomic E-state index is 0.0405. The summed E-state index contributed by atoms with van der Waals surface area (Å²) in [7, 11) is -3.38. The Morgan fingerprint density at radius 1 is 0.602 bits per heavy atom. The van der Waals surface area contributed by atoms with E-state index < -0.39 is 54.6 Å². The standard InChI is InChI=1S/C33H41N3O8S.C32H37N3O7S/c1-33(2,3)22-19-27(31(42-5)28(20-22)35-45(6,39)40)34-32(38)26(21-30(37)41-4)24-11-12-29(25-10-8-7-9-23(24)25)44-18-15-36-13-16-43-17-14-36;1-32(2,3)21-18-26(33-43(5,38)39)30(40-4)27(19-21)35-29(36)20-25(31(35)37)23-10-11-28(24-9-7-6-8-22(23)24)42-17-14-34-12-15-41-16-13-34/h7-12,19-21,35H,13-18H2,1-6H3,(H,34,38);6-11,18-20,33H,12-17H2,1-5H3. The number of anilines is 4. The summed E-state index contributed by atoms with van der Waals surface area (Å²) in [4.78, 5) is 59.7. The monoisotopic (exact) mass is 1250 g/mol. The number of carbonyl (C=O) groups is 4. The Balaban J connectivity index is 0.000000228. The number of carbonyl (C=O) groups excluding carboxylic acids is 4. The quantitative estimate of drug-likeness (QED) is 0.0368. The second-order valence-corrected chi connectivity index (χ2v) is 26.9. The van der Waals surface area contributed by atoms with E-state index in [-0.39, 0.29) is 45.4 Å². The Kier molecular flexibility index (Phi) is 20.9. The van der Waals surface area contributed by atoms with Crippen LogP contribution in [0.4, 0.5) is 22.7 Å². The lowest BCUT2D eigenvalue weighted by molar-refractivity contribution is -0.135. The molecular formula is C65H78N6O15S2. The van der Waals surface area contributed by atoms with Crippen LogP contribution in [0, 0.1) is 0 Å². The average Bonchev–Trinajstić information content (AvgIpc) is 1.72. The Labute approximate surface area is 515 Å². The SMILES string of the molecule is COC(=O)C=C(C(=O)Nc1cc(C(C)(C)C)cc(NS(C)(=O)=O)c1OC)c1ccc(OCCN2CCOCC2)c2ccccc12.COc1c(NS(C)(=O)=O)cc(C(C)(C)C)cc1N1C(=O)C=C(c2ccc(OCCN3CCOCC3)c3ccccc23)C1=O. The molecule has 0 aliphatic carbocycles. The van der Waals surface area contributed by atoms with Crippen molar-refractivity contribution in [1.29, 1.82) is 0 Å². The normalized spacial score (nSPS) is 15.5. The van der Waals surface area contributed by atoms with Crippen LogP contribution in [0.2, 0.25) is 0 Å². The molecule has 0 saturated carbocycles. The number of ether oxygens (including phenoxy) is 7. The third kappa shape index (κ3) is 16.4. The van der Waals surface area contributed by atoms with Gasteiger partial charge in [-0.2, -0.15) is 0 Å². The Morgan fingerprint density at radius 2 is 1.07 bits per heavy atom. The number of sulfonamides is 2. The molecule has 2 saturated heterocycles. The lowest BCUT2D eigenvalue weighted by atomic mass is 9.86. The molecule has 0 atom stereocenters. The molecule has 23 heteroatoms. The van der Waals surface area contributed by atoms with Crippen LogP contribution in [0.5, 0.6) is 23.0 Å². The second-order valence-electron chi connectivity index (χ2n) is 23.4. The van der Waals surface area contributed by atoms with E-state index >= 15 is 0 Å². The fourth-order valence-electron chi connectivity index (χ4n) is 10.4. The zero-order chi connectivity index (χ0) is 63.7. The first-order valence-electron chi connectivity index (χ1n) is 28.7. The van der Waals surface area contributed by atoms with E-state index in [9.17, 15) is 36.0 Å². The number of amides is 3. The van der Waals surface area contributed by atoms with Gasteiger partial charge in [0.05, 0.1) is 94.2 Å². The molecule has 0 radical (unpaired) electrons. The molecule has 3 N–H and O–H groups in total. The molecule has 9 rings (SSSR count). The highest BCUT2D eigenvalue weighted by atomic mass is 32.2. The van der Waals surface area contributed by atoms with Crippen LogP contribution in [0.25, 0.3) is 32.7 Å². The maximum absolute atomic E-state index is 14.0. The van der Waals surface area contributed by atoms with Gasteiger partial charge in [0.2, 0.25) is 20.0 Å². The highest BCUT2D eigenvalue weighted by Gasteiger charge is 2.38. The number of hydrogen-bond donors (Lipinski definition) is 3. The van der Waals surface area contributed by atoms with Gasteiger partial charge in [-0.05, 0) is 92.4 Å². The van der Waals surface area contributed by atoms with Gasteiger partial charge in [0.1, 0.15) is 24.7 Å². The average molecular weight is 1250 g/mol. The first-order chi connectivity index (χ1) is 41.7. The molecule has 0 aromatic heterocycles. The van der Waals surface area contributed by atoms with Crippen molar-refractivity contribution in [3.63, 3.8) is 0 Å². The number of imide groups is 1. The van der Waals surface area contributed by atoms with E-state index in [2.05, 4.69) is 24.6 Å². The summed E-state index contributed by atoms with van der Waals surface area (Å²) in [5.41, 5.74) is 2.67. The van der Waals surface area contributed by atoms with E-state index in [4.69, 9.17) is 33.2 Å². The van der Waals surface area contributed by atoms with Crippen LogP contribution >= 0.6 is 0 Å². The Bertz CT molecular complexity index is 3900. The van der Waals surface area contributed by atoms with Gasteiger partial charge < -0.3 is 38.5 Å². The summed E-state index contributed by atoms with van der Waals surface area (Å²) in [5, 5.41) is 5.92. The molecule has 3 aliphatic rings. The largest absolute Gasteiger partial charge is 0.492 e. The summed E-state index contributed by atoms with van der Waals surface area (Å²) >= 11 is 0. The van der Waals surface area contributed by atoms with E-state index in [1.807, 2.05) is 96.1 Å². The van der Waals surface area contributed by atoms with Gasteiger partial charge in [-0.15, -0.1) is 0 Å². The molecule has 6 aromatic rings. The second kappa shape index (κ2) is 28.0. The maximum atomic E-state index is 14.0. The molecule has 6 aromatic carbocycles. The topological polar surface area (TPSA) is 247 Å². The highest BCUT2D eigenvalue weighted by Crippen LogP contribution is 2.45. The predicted molar refractivity (Wildman–Crippen MR) is 343 cm³/mol. The van der Waals surface area contributed by atoms with Gasteiger partial charge in [-0.1, -0.05) is 90.1 Å². The van der Waals surface area contributed by atoms with Crippen LogP contribution in [0.1, 0.15) is 63.8 Å². The molecule has 3 aliphatic heterocycles. The van der Waals surface area contributed by atoms with Crippen molar-refractivity contribution < 1.29 is 69.2 Å². The number of hydrogen-bond acceptors (Lipinski definition) is 17. The minimum atomic E-state index is -3.69. The van der Waals surface area contributed by atoms with Crippen molar-refractivity contribution >= 4 is 99.2 Å². The van der Waals surface area contributed by atoms with Gasteiger partial charge in [-0.25, -0.2) is 26.5 Å². The number of esters is 1. The van der Waals surface area contributed by atoms with Crippen LogP contribution in [-0.4, -0.2) is 163 Å². The first kappa shape index (κ1) is 65.9. The molecule has 3 heterocycles. The fraction of sp³-hybridized carbons (Fsp3) is 0.385. The predicted octanol–water partition coefficient (Wildman–Crippen LogP) is 8.61. The zero-order valence-corrected chi connectivity index (χ0v) is 53.3. The van der Waals surface area contributed by atoms with E-state index in [1.54, 1.807) is 42.5 Å². The maximum Gasteiger partial charge on any atom is 0.331 e. The number of fused-ring (bicyclic) bond motifs is 2. The molecule has 2 fully saturated rings. The Morgan fingerprint density at radius 3 is 1.57 bits per heavy atom. The lowest BCUT2D eigenvalue weighted by Gasteiger charge is -2.26. The first-order valence-corrected chi connectivity index (χ1v) is 32.5. The van der Waals surface area contributed by atoms with Crippen molar-refractivity contribution in [3.8, 4) is 23.0 Å². The van der Waals surface area contributed by atoms with Gasteiger partial charge >= 0.3 is 5.97 Å². The number of morpholine rings is 2. The number of nitrogens with one attached hydrogen (secondary N) is 3. The minimum Gasteiger partial charge on any atom is -0.492 e. The van der Waals surface area contributed by atoms with Crippen LogP contribution in [0.3, 0.4) is 0 Å². The summed E-state index contributed by atoms with van der Waals surface area (Å²) in [6.07, 6.45) is 4.51. The third-order valence-electron chi connectivity index (χ3n) is 14.9. The summed E-state index contributed by atoms with van der Waals surface area (Å²) in [5.74, 6) is -0.896. The van der Waals surface area contributed by atoms with Crippen LogP contribution in [-0.2, 0) is 64.3 Å². The smallest absolute Gasteiger partial charge is 0.331 e. The van der Waals surface area contributed by atoms with Gasteiger partial charge in [0.15, 0.2) is 11.5 Å². The van der Waals surface area contributed by atoms with Crippen molar-refractivity contribution in [2.75, 3.05) is 132 Å². The highest BCUT2D eigenvalue weighted by molar-refractivity contribution is 7.92. The van der Waals surface area contributed by atoms with E-state index in [1.165, 1.54) is 27.4 Å². The number of benzene rings is 6. The molecule has 3 amide bonds. The number of nitrogens with zero attached hydrogens (tertiary/aromatic N) is 3. The third-order valence-corrected chi connectivity index (χ3v) is 16.1. The zero-order valence-electron chi connectivity index (χ0n) is 51.7. The Hall–Kier alpha value is -8.06. The van der Waals surface area contributed by atoms with E-state index in [0.717, 1.165) is 97.7 Å².